The second kappa shape index (κ2) is 5.38. The first-order valence-electron chi connectivity index (χ1n) is 6.81. The largest absolute Gasteiger partial charge is 0.463 e. The van der Waals surface area contributed by atoms with E-state index in [0.717, 1.165) is 22.8 Å². The van der Waals surface area contributed by atoms with E-state index in [4.69, 9.17) is 4.42 Å². The third-order valence-electron chi connectivity index (χ3n) is 3.55. The summed E-state index contributed by atoms with van der Waals surface area (Å²) in [6.45, 7) is 4.22. The first kappa shape index (κ1) is 13.3. The number of hydrogen-bond acceptors (Lipinski definition) is 5. The van der Waals surface area contributed by atoms with E-state index < -0.39 is 0 Å². The summed E-state index contributed by atoms with van der Waals surface area (Å²) in [6, 6.07) is 3.65. The maximum atomic E-state index is 9.63. The van der Waals surface area contributed by atoms with Crippen molar-refractivity contribution in [3.63, 3.8) is 0 Å². The van der Waals surface area contributed by atoms with Crippen LogP contribution in [-0.4, -0.2) is 19.7 Å². The molecule has 106 valence electrons. The van der Waals surface area contributed by atoms with Crippen molar-refractivity contribution in [2.45, 2.75) is 39.2 Å². The lowest BCUT2D eigenvalue weighted by Gasteiger charge is -2.06. The molecule has 0 saturated carbocycles. The van der Waals surface area contributed by atoms with Gasteiger partial charge in [-0.1, -0.05) is 25.2 Å². The van der Waals surface area contributed by atoms with Gasteiger partial charge in [0.2, 0.25) is 4.96 Å². The zero-order valence-electron chi connectivity index (χ0n) is 11.5. The minimum Gasteiger partial charge on any atom is -0.463 e. The van der Waals surface area contributed by atoms with Crippen LogP contribution in [0.4, 0.5) is 0 Å². The van der Waals surface area contributed by atoms with Crippen LogP contribution in [0.15, 0.2) is 22.8 Å². The number of imidazole rings is 1. The highest BCUT2D eigenvalue weighted by atomic mass is 32.1. The lowest BCUT2D eigenvalue weighted by atomic mass is 10.1. The molecule has 0 aliphatic heterocycles. The van der Waals surface area contributed by atoms with Gasteiger partial charge in [-0.2, -0.15) is 5.10 Å². The summed E-state index contributed by atoms with van der Waals surface area (Å²) in [5.41, 5.74) is 1.36. The average Bonchev–Trinajstić information content (AvgIpc) is 3.14. The maximum absolute atomic E-state index is 9.63. The lowest BCUT2D eigenvalue weighted by Crippen LogP contribution is -1.99. The summed E-state index contributed by atoms with van der Waals surface area (Å²) in [6.07, 6.45) is 3.73. The fourth-order valence-electron chi connectivity index (χ4n) is 2.36. The van der Waals surface area contributed by atoms with Gasteiger partial charge in [0.25, 0.3) is 0 Å². The van der Waals surface area contributed by atoms with Crippen LogP contribution in [0.25, 0.3) is 16.4 Å². The number of rotatable bonds is 5. The summed E-state index contributed by atoms with van der Waals surface area (Å²) >= 11 is 1.59. The summed E-state index contributed by atoms with van der Waals surface area (Å²) in [5, 5.41) is 15.3. The van der Waals surface area contributed by atoms with E-state index in [-0.39, 0.29) is 6.61 Å². The number of nitrogens with zero attached hydrogens (tertiary/aromatic N) is 3. The number of aliphatic hydroxyl groups excluding tert-OH is 1. The highest BCUT2D eigenvalue weighted by Gasteiger charge is 2.21. The van der Waals surface area contributed by atoms with Crippen molar-refractivity contribution in [3.8, 4) is 11.5 Å². The van der Waals surface area contributed by atoms with Gasteiger partial charge in [-0.05, 0) is 25.0 Å². The van der Waals surface area contributed by atoms with E-state index in [1.165, 1.54) is 0 Å². The van der Waals surface area contributed by atoms with Crippen molar-refractivity contribution < 1.29 is 9.52 Å². The first-order chi connectivity index (χ1) is 9.78. The second-order valence-corrected chi connectivity index (χ2v) is 5.68. The van der Waals surface area contributed by atoms with E-state index >= 15 is 0 Å². The molecule has 0 spiro atoms. The molecule has 0 aliphatic rings. The van der Waals surface area contributed by atoms with Crippen molar-refractivity contribution >= 4 is 16.3 Å². The molecule has 0 amide bonds. The normalized spacial score (nSPS) is 11.8. The highest BCUT2D eigenvalue weighted by molar-refractivity contribution is 7.16. The molecule has 0 aromatic carbocycles. The zero-order valence-corrected chi connectivity index (χ0v) is 12.4. The number of furan rings is 1. The predicted molar refractivity (Wildman–Crippen MR) is 77.8 cm³/mol. The summed E-state index contributed by atoms with van der Waals surface area (Å²) in [4.78, 5) is 5.37. The molecule has 0 fully saturated rings. The Morgan fingerprint density at radius 3 is 2.80 bits per heavy atom. The molecule has 0 atom stereocenters. The monoisotopic (exact) mass is 291 g/mol. The van der Waals surface area contributed by atoms with Crippen molar-refractivity contribution in [1.29, 1.82) is 0 Å². The van der Waals surface area contributed by atoms with E-state index in [1.54, 1.807) is 22.1 Å². The van der Waals surface area contributed by atoms with Crippen molar-refractivity contribution in [3.05, 3.63) is 29.1 Å². The Labute approximate surface area is 120 Å². The van der Waals surface area contributed by atoms with Crippen LogP contribution in [-0.2, 0) is 6.61 Å². The maximum Gasteiger partial charge on any atom is 0.213 e. The molecule has 0 radical (unpaired) electrons. The third kappa shape index (κ3) is 2.05. The van der Waals surface area contributed by atoms with E-state index in [9.17, 15) is 5.11 Å². The van der Waals surface area contributed by atoms with E-state index in [0.29, 0.717) is 23.1 Å². The number of hydrogen-bond donors (Lipinski definition) is 1. The van der Waals surface area contributed by atoms with Gasteiger partial charge >= 0.3 is 0 Å². The standard InChI is InChI=1S/C14H17N3O2S/c1-3-9(4-2)13-16-17-10(8-18)12(15-14(17)20-13)11-6-5-7-19-11/h5-7,9,18H,3-4,8H2,1-2H3. The molecule has 3 heterocycles. The number of aliphatic hydroxyl groups is 1. The molecule has 0 unspecified atom stereocenters. The van der Waals surface area contributed by atoms with Crippen LogP contribution >= 0.6 is 11.3 Å². The minimum atomic E-state index is -0.108. The Bertz CT molecular complexity index is 695. The average molecular weight is 291 g/mol. The Kier molecular flexibility index (Phi) is 3.58. The van der Waals surface area contributed by atoms with Gasteiger partial charge in [-0.15, -0.1) is 0 Å². The van der Waals surface area contributed by atoms with Crippen molar-refractivity contribution in [1.82, 2.24) is 14.6 Å². The van der Waals surface area contributed by atoms with Crippen molar-refractivity contribution in [2.75, 3.05) is 0 Å². The summed E-state index contributed by atoms with van der Waals surface area (Å²) < 4.78 is 7.12. The van der Waals surface area contributed by atoms with Crippen LogP contribution in [0.3, 0.4) is 0 Å². The topological polar surface area (TPSA) is 63.6 Å². The quantitative estimate of drug-likeness (QED) is 0.782. The molecule has 1 N–H and O–H groups in total. The summed E-state index contributed by atoms with van der Waals surface area (Å²) in [5.74, 6) is 1.12. The molecular formula is C14H17N3O2S. The molecular weight excluding hydrogens is 274 g/mol. The summed E-state index contributed by atoms with van der Waals surface area (Å²) in [7, 11) is 0. The third-order valence-corrected chi connectivity index (χ3v) is 4.62. The fourth-order valence-corrected chi connectivity index (χ4v) is 3.54. The minimum absolute atomic E-state index is 0.108. The molecule has 0 saturated heterocycles. The Morgan fingerprint density at radius 1 is 1.40 bits per heavy atom. The molecule has 20 heavy (non-hydrogen) atoms. The van der Waals surface area contributed by atoms with Gasteiger partial charge in [0, 0.05) is 5.92 Å². The highest BCUT2D eigenvalue weighted by Crippen LogP contribution is 2.31. The van der Waals surface area contributed by atoms with Crippen LogP contribution in [0.5, 0.6) is 0 Å². The molecule has 0 bridgehead atoms. The molecule has 0 aliphatic carbocycles. The van der Waals surface area contributed by atoms with Gasteiger partial charge in [0.05, 0.1) is 12.9 Å². The smallest absolute Gasteiger partial charge is 0.213 e. The van der Waals surface area contributed by atoms with Crippen LogP contribution < -0.4 is 0 Å². The Morgan fingerprint density at radius 2 is 2.20 bits per heavy atom. The van der Waals surface area contributed by atoms with Crippen LogP contribution in [0.2, 0.25) is 0 Å². The second-order valence-electron chi connectivity index (χ2n) is 4.69. The zero-order chi connectivity index (χ0) is 14.1. The molecule has 3 aromatic rings. The van der Waals surface area contributed by atoms with Gasteiger partial charge in [-0.3, -0.25) is 0 Å². The fraction of sp³-hybridized carbons (Fsp3) is 0.429. The van der Waals surface area contributed by atoms with E-state index in [1.807, 2.05) is 12.1 Å². The van der Waals surface area contributed by atoms with Gasteiger partial charge in [-0.25, -0.2) is 9.50 Å². The number of fused-ring (bicyclic) bond motifs is 1. The lowest BCUT2D eigenvalue weighted by molar-refractivity contribution is 0.274. The van der Waals surface area contributed by atoms with Crippen LogP contribution in [0.1, 0.15) is 43.3 Å². The Balaban J connectivity index is 2.11. The Hall–Kier alpha value is -1.66. The number of aromatic nitrogens is 3. The van der Waals surface area contributed by atoms with E-state index in [2.05, 4.69) is 23.9 Å². The predicted octanol–water partition coefficient (Wildman–Crippen LogP) is 3.45. The SMILES string of the molecule is CCC(CC)c1nn2c(CO)c(-c3ccco3)nc2s1. The van der Waals surface area contributed by atoms with Crippen LogP contribution in [0, 0.1) is 0 Å². The first-order valence-corrected chi connectivity index (χ1v) is 7.63. The molecule has 3 rings (SSSR count). The van der Waals surface area contributed by atoms with Crippen molar-refractivity contribution in [2.24, 2.45) is 0 Å². The molecule has 5 nitrogen and oxygen atoms in total. The van der Waals surface area contributed by atoms with Gasteiger partial charge in [0.15, 0.2) is 5.76 Å². The molecule has 3 aromatic heterocycles. The van der Waals surface area contributed by atoms with Gasteiger partial charge < -0.3 is 9.52 Å². The molecule has 6 heteroatoms. The van der Waals surface area contributed by atoms with Gasteiger partial charge in [0.1, 0.15) is 16.4 Å².